The molecule has 0 saturated carbocycles. The van der Waals surface area contributed by atoms with Gasteiger partial charge in [0.05, 0.1) is 6.42 Å². The van der Waals surface area contributed by atoms with E-state index in [-0.39, 0.29) is 23.0 Å². The van der Waals surface area contributed by atoms with Gasteiger partial charge in [-0.05, 0) is 56.4 Å². The Hall–Kier alpha value is -2.25. The van der Waals surface area contributed by atoms with Gasteiger partial charge in [-0.1, -0.05) is 17.2 Å². The highest BCUT2D eigenvalue weighted by atomic mass is 35.5. The van der Waals surface area contributed by atoms with Crippen molar-refractivity contribution in [3.63, 3.8) is 0 Å². The maximum Gasteiger partial charge on any atom is 0.272 e. The molecule has 0 spiro atoms. The largest absolute Gasteiger partial charge is 0.375 e. The van der Waals surface area contributed by atoms with Gasteiger partial charge < -0.3 is 11.1 Å². The Balaban J connectivity index is 2.89. The van der Waals surface area contributed by atoms with Gasteiger partial charge in [0, 0.05) is 10.7 Å². The molecule has 6 nitrogen and oxygen atoms in total. The highest BCUT2D eigenvalue weighted by Crippen LogP contribution is 2.13. The van der Waals surface area contributed by atoms with E-state index < -0.39 is 5.91 Å². The molecule has 1 aromatic rings. The van der Waals surface area contributed by atoms with Gasteiger partial charge in [0.15, 0.2) is 10.9 Å². The summed E-state index contributed by atoms with van der Waals surface area (Å²) in [5, 5.41) is 6.87. The van der Waals surface area contributed by atoms with Gasteiger partial charge in [0.25, 0.3) is 5.91 Å². The molecule has 0 unspecified atom stereocenters. The van der Waals surface area contributed by atoms with Gasteiger partial charge in [-0.15, -0.1) is 0 Å². The number of allylic oxidation sites excluding steroid dienone is 2. The third-order valence-electron chi connectivity index (χ3n) is 2.46. The molecule has 0 radical (unpaired) electrons. The van der Waals surface area contributed by atoms with Crippen molar-refractivity contribution in [2.45, 2.75) is 20.3 Å². The zero-order valence-corrected chi connectivity index (χ0v) is 14.3. The number of benzene rings is 1. The third-order valence-corrected chi connectivity index (χ3v) is 2.80. The van der Waals surface area contributed by atoms with Crippen LogP contribution >= 0.6 is 23.8 Å². The zero-order chi connectivity index (χ0) is 17.4. The molecule has 1 aromatic carbocycles. The fourth-order valence-corrected chi connectivity index (χ4v) is 1.74. The van der Waals surface area contributed by atoms with E-state index in [1.165, 1.54) is 6.08 Å². The number of hydrogen-bond acceptors (Lipinski definition) is 4. The number of hydrogen-bond donors (Lipinski definition) is 3. The van der Waals surface area contributed by atoms with Crippen LogP contribution in [-0.4, -0.2) is 22.5 Å². The molecule has 0 fully saturated rings. The highest BCUT2D eigenvalue weighted by molar-refractivity contribution is 7.80. The van der Waals surface area contributed by atoms with Crippen molar-refractivity contribution >= 4 is 52.0 Å². The number of amides is 1. The lowest BCUT2D eigenvalue weighted by Gasteiger charge is -2.08. The number of nitrogens with zero attached hydrogens (tertiary/aromatic N) is 1. The number of nitrogens with two attached hydrogens (primary N) is 1. The van der Waals surface area contributed by atoms with Gasteiger partial charge >= 0.3 is 0 Å². The lowest BCUT2D eigenvalue weighted by molar-refractivity contribution is -0.115. The van der Waals surface area contributed by atoms with Crippen LogP contribution in [0.2, 0.25) is 5.02 Å². The van der Waals surface area contributed by atoms with Crippen molar-refractivity contribution < 1.29 is 9.59 Å². The van der Waals surface area contributed by atoms with Gasteiger partial charge in [-0.3, -0.25) is 15.0 Å². The minimum absolute atomic E-state index is 0.0322. The smallest absolute Gasteiger partial charge is 0.272 e. The number of carbonyl (C=O) groups is 2. The van der Waals surface area contributed by atoms with Crippen LogP contribution in [0, 0.1) is 0 Å². The molecule has 0 atom stereocenters. The minimum atomic E-state index is -0.536. The van der Waals surface area contributed by atoms with Crippen LogP contribution in [-0.2, 0) is 9.59 Å². The number of nitrogens with one attached hydrogen (secondary N) is 2. The molecule has 8 heteroatoms. The average molecular weight is 353 g/mol. The van der Waals surface area contributed by atoms with E-state index in [0.29, 0.717) is 10.7 Å². The summed E-state index contributed by atoms with van der Waals surface area (Å²) in [6, 6.07) is 6.54. The molecule has 0 bridgehead atoms. The molecule has 0 aliphatic heterocycles. The maximum absolute atomic E-state index is 12.3. The first-order valence-electron chi connectivity index (χ1n) is 6.64. The molecule has 0 saturated heterocycles. The molecule has 1 amide bonds. The Kier molecular flexibility index (Phi) is 7.37. The molecule has 0 aromatic heterocycles. The van der Waals surface area contributed by atoms with E-state index in [9.17, 15) is 9.59 Å². The Morgan fingerprint density at radius 1 is 1.30 bits per heavy atom. The first-order valence-corrected chi connectivity index (χ1v) is 7.43. The van der Waals surface area contributed by atoms with Crippen LogP contribution in [0.1, 0.15) is 20.3 Å². The SMILES string of the molecule is CC(C)=CC(=O)C/C(=N/NC(N)=S)C(=O)Nc1ccc(Cl)cc1. The Morgan fingerprint density at radius 2 is 1.91 bits per heavy atom. The monoisotopic (exact) mass is 352 g/mol. The lowest BCUT2D eigenvalue weighted by atomic mass is 10.1. The van der Waals surface area contributed by atoms with E-state index in [4.69, 9.17) is 17.3 Å². The highest BCUT2D eigenvalue weighted by Gasteiger charge is 2.15. The van der Waals surface area contributed by atoms with E-state index in [2.05, 4.69) is 28.1 Å². The van der Waals surface area contributed by atoms with Crippen LogP contribution in [0.15, 0.2) is 41.0 Å². The predicted octanol–water partition coefficient (Wildman–Crippen LogP) is 2.39. The summed E-state index contributed by atoms with van der Waals surface area (Å²) in [5.74, 6) is -0.786. The summed E-state index contributed by atoms with van der Waals surface area (Å²) in [7, 11) is 0. The number of rotatable bonds is 6. The number of ketones is 1. The minimum Gasteiger partial charge on any atom is -0.375 e. The Bertz CT molecular complexity index is 665. The van der Waals surface area contributed by atoms with Crippen LogP contribution in [0.3, 0.4) is 0 Å². The molecular weight excluding hydrogens is 336 g/mol. The van der Waals surface area contributed by atoms with Crippen molar-refractivity contribution in [3.8, 4) is 0 Å². The summed E-state index contributed by atoms with van der Waals surface area (Å²) in [4.78, 5) is 24.1. The molecule has 0 aliphatic rings. The van der Waals surface area contributed by atoms with E-state index >= 15 is 0 Å². The van der Waals surface area contributed by atoms with Gasteiger partial charge in [-0.25, -0.2) is 0 Å². The number of halogens is 1. The standard InChI is InChI=1S/C15H17ClN4O2S/c1-9(2)7-12(21)8-13(19-20-15(17)23)14(22)18-11-5-3-10(16)4-6-11/h3-7H,8H2,1-2H3,(H,18,22)(H3,17,20,23)/b19-13-. The van der Waals surface area contributed by atoms with Crippen LogP contribution < -0.4 is 16.5 Å². The first kappa shape index (κ1) is 18.8. The van der Waals surface area contributed by atoms with Crippen molar-refractivity contribution in [1.82, 2.24) is 5.43 Å². The molecule has 0 heterocycles. The summed E-state index contributed by atoms with van der Waals surface area (Å²) in [5.41, 5.74) is 8.94. The second-order valence-corrected chi connectivity index (χ2v) is 5.74. The first-order chi connectivity index (χ1) is 10.8. The molecular formula is C15H17ClN4O2S. The van der Waals surface area contributed by atoms with Gasteiger partial charge in [-0.2, -0.15) is 5.10 Å². The van der Waals surface area contributed by atoms with E-state index in [0.717, 1.165) is 5.57 Å². The van der Waals surface area contributed by atoms with E-state index in [1.54, 1.807) is 38.1 Å². The Morgan fingerprint density at radius 3 is 2.43 bits per heavy atom. The lowest BCUT2D eigenvalue weighted by Crippen LogP contribution is -2.31. The van der Waals surface area contributed by atoms with Crippen LogP contribution in [0.4, 0.5) is 5.69 Å². The normalized spacial score (nSPS) is 10.7. The number of thiocarbonyl (C=S) groups is 1. The third kappa shape index (κ3) is 7.53. The quantitative estimate of drug-likeness (QED) is 0.316. The predicted molar refractivity (Wildman–Crippen MR) is 96.5 cm³/mol. The van der Waals surface area contributed by atoms with Crippen molar-refractivity contribution in [3.05, 3.63) is 40.9 Å². The van der Waals surface area contributed by atoms with Gasteiger partial charge in [0.2, 0.25) is 0 Å². The Labute approximate surface area is 144 Å². The molecule has 1 rings (SSSR count). The number of anilines is 1. The topological polar surface area (TPSA) is 96.6 Å². The van der Waals surface area contributed by atoms with Crippen LogP contribution in [0.25, 0.3) is 0 Å². The second kappa shape index (κ2) is 9.02. The molecule has 4 N–H and O–H groups in total. The molecule has 0 aliphatic carbocycles. The molecule has 122 valence electrons. The van der Waals surface area contributed by atoms with Crippen molar-refractivity contribution in [1.29, 1.82) is 0 Å². The second-order valence-electron chi connectivity index (χ2n) is 4.86. The fourth-order valence-electron chi connectivity index (χ4n) is 1.57. The zero-order valence-electron chi connectivity index (χ0n) is 12.7. The summed E-state index contributed by atoms with van der Waals surface area (Å²) in [6.45, 7) is 3.57. The van der Waals surface area contributed by atoms with Crippen LogP contribution in [0.5, 0.6) is 0 Å². The number of hydrazone groups is 1. The van der Waals surface area contributed by atoms with Crippen molar-refractivity contribution in [2.75, 3.05) is 5.32 Å². The number of carbonyl (C=O) groups excluding carboxylic acids is 2. The van der Waals surface area contributed by atoms with Gasteiger partial charge in [0.1, 0.15) is 5.71 Å². The summed E-state index contributed by atoms with van der Waals surface area (Å²) >= 11 is 10.4. The summed E-state index contributed by atoms with van der Waals surface area (Å²) in [6.07, 6.45) is 1.26. The van der Waals surface area contributed by atoms with Crippen molar-refractivity contribution in [2.24, 2.45) is 10.8 Å². The fraction of sp³-hybridized carbons (Fsp3) is 0.200. The average Bonchev–Trinajstić information content (AvgIpc) is 2.44. The van der Waals surface area contributed by atoms with E-state index in [1.807, 2.05) is 0 Å². The maximum atomic E-state index is 12.3. The molecule has 23 heavy (non-hydrogen) atoms. The summed E-state index contributed by atoms with van der Waals surface area (Å²) < 4.78 is 0.